The van der Waals surface area contributed by atoms with E-state index in [4.69, 9.17) is 4.74 Å². The molecule has 2 unspecified atom stereocenters. The first-order valence-electron chi connectivity index (χ1n) is 6.64. The van der Waals surface area contributed by atoms with Crippen molar-refractivity contribution in [2.24, 2.45) is 0 Å². The first kappa shape index (κ1) is 13.5. The highest BCUT2D eigenvalue weighted by molar-refractivity contribution is 6.05. The SMILES string of the molecule is CC(C)N1C(=O)CC(NC2(C)CCCOC2)C1=O. The molecule has 2 rings (SSSR count). The summed E-state index contributed by atoms with van der Waals surface area (Å²) >= 11 is 0. The van der Waals surface area contributed by atoms with E-state index in [0.717, 1.165) is 19.4 Å². The summed E-state index contributed by atoms with van der Waals surface area (Å²) in [7, 11) is 0. The van der Waals surface area contributed by atoms with Gasteiger partial charge in [0, 0.05) is 18.2 Å². The standard InChI is InChI=1S/C13H22N2O3/c1-9(2)15-11(16)7-10(12(15)17)14-13(3)5-4-6-18-8-13/h9-10,14H,4-8H2,1-3H3. The van der Waals surface area contributed by atoms with Gasteiger partial charge in [0.1, 0.15) is 0 Å². The number of carbonyl (C=O) groups excluding carboxylic acids is 2. The lowest BCUT2D eigenvalue weighted by molar-refractivity contribution is -0.141. The topological polar surface area (TPSA) is 58.6 Å². The van der Waals surface area contributed by atoms with Gasteiger partial charge in [-0.15, -0.1) is 0 Å². The number of hydrogen-bond donors (Lipinski definition) is 1. The molecule has 0 aromatic heterocycles. The first-order chi connectivity index (χ1) is 8.43. The molecule has 18 heavy (non-hydrogen) atoms. The van der Waals surface area contributed by atoms with E-state index in [-0.39, 0.29) is 35.9 Å². The Hall–Kier alpha value is -0.940. The zero-order valence-corrected chi connectivity index (χ0v) is 11.4. The maximum atomic E-state index is 12.2. The van der Waals surface area contributed by atoms with E-state index in [1.165, 1.54) is 4.90 Å². The molecule has 2 aliphatic rings. The summed E-state index contributed by atoms with van der Waals surface area (Å²) in [6.45, 7) is 7.18. The third-order valence-electron chi connectivity index (χ3n) is 3.66. The average molecular weight is 254 g/mol. The summed E-state index contributed by atoms with van der Waals surface area (Å²) in [6, 6.07) is -0.446. The second-order valence-electron chi connectivity index (χ2n) is 5.81. The highest BCUT2D eigenvalue weighted by atomic mass is 16.5. The summed E-state index contributed by atoms with van der Waals surface area (Å²) in [6.07, 6.45) is 2.24. The number of rotatable bonds is 3. The molecule has 2 atom stereocenters. The zero-order valence-electron chi connectivity index (χ0n) is 11.4. The second-order valence-corrected chi connectivity index (χ2v) is 5.81. The van der Waals surface area contributed by atoms with Crippen molar-refractivity contribution >= 4 is 11.8 Å². The minimum Gasteiger partial charge on any atom is -0.380 e. The normalized spacial score (nSPS) is 33.6. The summed E-state index contributed by atoms with van der Waals surface area (Å²) in [5, 5.41) is 3.32. The number of nitrogens with one attached hydrogen (secondary N) is 1. The van der Waals surface area contributed by atoms with Crippen LogP contribution in [0.1, 0.15) is 40.0 Å². The largest absolute Gasteiger partial charge is 0.380 e. The van der Waals surface area contributed by atoms with Gasteiger partial charge in [0.2, 0.25) is 11.8 Å². The molecule has 2 amide bonds. The first-order valence-corrected chi connectivity index (χ1v) is 6.64. The molecule has 5 heteroatoms. The fourth-order valence-electron chi connectivity index (χ4n) is 2.77. The van der Waals surface area contributed by atoms with Crippen LogP contribution in [0.25, 0.3) is 0 Å². The number of imide groups is 1. The van der Waals surface area contributed by atoms with Gasteiger partial charge in [-0.25, -0.2) is 0 Å². The maximum Gasteiger partial charge on any atom is 0.247 e. The Morgan fingerprint density at radius 2 is 2.17 bits per heavy atom. The van der Waals surface area contributed by atoms with Crippen molar-refractivity contribution < 1.29 is 14.3 Å². The smallest absolute Gasteiger partial charge is 0.247 e. The van der Waals surface area contributed by atoms with Crippen LogP contribution in [-0.4, -0.2) is 47.6 Å². The lowest BCUT2D eigenvalue weighted by Gasteiger charge is -2.36. The van der Waals surface area contributed by atoms with Crippen LogP contribution in [0.3, 0.4) is 0 Å². The van der Waals surface area contributed by atoms with E-state index in [1.807, 2.05) is 13.8 Å². The van der Waals surface area contributed by atoms with E-state index in [1.54, 1.807) is 0 Å². The van der Waals surface area contributed by atoms with Crippen LogP contribution in [-0.2, 0) is 14.3 Å². The second kappa shape index (κ2) is 4.97. The average Bonchev–Trinajstić information content (AvgIpc) is 2.54. The monoisotopic (exact) mass is 254 g/mol. The highest BCUT2D eigenvalue weighted by Crippen LogP contribution is 2.23. The fourth-order valence-corrected chi connectivity index (χ4v) is 2.77. The molecule has 0 bridgehead atoms. The molecule has 102 valence electrons. The quantitative estimate of drug-likeness (QED) is 0.753. The van der Waals surface area contributed by atoms with Gasteiger partial charge in [-0.1, -0.05) is 0 Å². The Kier molecular flexibility index (Phi) is 3.73. The molecule has 1 N–H and O–H groups in total. The van der Waals surface area contributed by atoms with Gasteiger partial charge in [-0.3, -0.25) is 19.8 Å². The molecule has 2 heterocycles. The van der Waals surface area contributed by atoms with E-state index < -0.39 is 0 Å². The minimum atomic E-state index is -0.383. The van der Waals surface area contributed by atoms with Crippen molar-refractivity contribution in [1.29, 1.82) is 0 Å². The Balaban J connectivity index is 2.02. The predicted octanol–water partition coefficient (Wildman–Crippen LogP) is 0.681. The van der Waals surface area contributed by atoms with Gasteiger partial charge in [0.05, 0.1) is 19.1 Å². The van der Waals surface area contributed by atoms with Crippen molar-refractivity contribution in [3.63, 3.8) is 0 Å². The third-order valence-corrected chi connectivity index (χ3v) is 3.66. The van der Waals surface area contributed by atoms with Crippen LogP contribution in [0.15, 0.2) is 0 Å². The molecule has 0 aromatic rings. The Bertz CT molecular complexity index is 348. The summed E-state index contributed by atoms with van der Waals surface area (Å²) in [4.78, 5) is 25.4. The van der Waals surface area contributed by atoms with Crippen LogP contribution < -0.4 is 5.32 Å². The third kappa shape index (κ3) is 2.57. The van der Waals surface area contributed by atoms with Crippen LogP contribution in [0, 0.1) is 0 Å². The molecule has 0 radical (unpaired) electrons. The van der Waals surface area contributed by atoms with Crippen LogP contribution in [0.4, 0.5) is 0 Å². The summed E-state index contributed by atoms with van der Waals surface area (Å²) < 4.78 is 5.46. The molecule has 0 aromatic carbocycles. The number of hydrogen-bond acceptors (Lipinski definition) is 4. The molecular formula is C13H22N2O3. The highest BCUT2D eigenvalue weighted by Gasteiger charge is 2.43. The number of carbonyl (C=O) groups is 2. The minimum absolute atomic E-state index is 0.0628. The fraction of sp³-hybridized carbons (Fsp3) is 0.846. The van der Waals surface area contributed by atoms with Crippen molar-refractivity contribution in [2.45, 2.75) is 57.7 Å². The molecule has 2 saturated heterocycles. The van der Waals surface area contributed by atoms with Gasteiger partial charge in [0.15, 0.2) is 0 Å². The molecular weight excluding hydrogens is 232 g/mol. The van der Waals surface area contributed by atoms with E-state index in [9.17, 15) is 9.59 Å². The molecule has 0 aliphatic carbocycles. The summed E-state index contributed by atoms with van der Waals surface area (Å²) in [5.74, 6) is -0.172. The molecule has 5 nitrogen and oxygen atoms in total. The van der Waals surface area contributed by atoms with Crippen molar-refractivity contribution in [2.75, 3.05) is 13.2 Å². The molecule has 0 spiro atoms. The lowest BCUT2D eigenvalue weighted by Crippen LogP contribution is -2.55. The van der Waals surface area contributed by atoms with Gasteiger partial charge in [-0.05, 0) is 33.6 Å². The van der Waals surface area contributed by atoms with E-state index >= 15 is 0 Å². The van der Waals surface area contributed by atoms with Crippen molar-refractivity contribution in [3.8, 4) is 0 Å². The van der Waals surface area contributed by atoms with E-state index in [2.05, 4.69) is 12.2 Å². The molecule has 0 saturated carbocycles. The Labute approximate surface area is 108 Å². The van der Waals surface area contributed by atoms with Crippen molar-refractivity contribution in [3.05, 3.63) is 0 Å². The zero-order chi connectivity index (χ0) is 13.3. The van der Waals surface area contributed by atoms with Crippen LogP contribution >= 0.6 is 0 Å². The Morgan fingerprint density at radius 1 is 1.44 bits per heavy atom. The number of ether oxygens (including phenoxy) is 1. The molecule has 2 fully saturated rings. The number of likely N-dealkylation sites (tertiary alicyclic amines) is 1. The van der Waals surface area contributed by atoms with Gasteiger partial charge in [0.25, 0.3) is 0 Å². The number of nitrogens with zero attached hydrogens (tertiary/aromatic N) is 1. The molecule has 2 aliphatic heterocycles. The lowest BCUT2D eigenvalue weighted by atomic mass is 9.93. The van der Waals surface area contributed by atoms with Crippen LogP contribution in [0.2, 0.25) is 0 Å². The summed E-state index contributed by atoms with van der Waals surface area (Å²) in [5.41, 5.74) is -0.189. The van der Waals surface area contributed by atoms with Gasteiger partial charge >= 0.3 is 0 Å². The van der Waals surface area contributed by atoms with Crippen LogP contribution in [0.5, 0.6) is 0 Å². The number of amides is 2. The van der Waals surface area contributed by atoms with Gasteiger partial charge < -0.3 is 4.74 Å². The van der Waals surface area contributed by atoms with Crippen molar-refractivity contribution in [1.82, 2.24) is 10.2 Å². The predicted molar refractivity (Wildman–Crippen MR) is 67.0 cm³/mol. The maximum absolute atomic E-state index is 12.2. The van der Waals surface area contributed by atoms with E-state index in [0.29, 0.717) is 6.61 Å². The van der Waals surface area contributed by atoms with Gasteiger partial charge in [-0.2, -0.15) is 0 Å². The Morgan fingerprint density at radius 3 is 2.67 bits per heavy atom.